The maximum Gasteiger partial charge on any atom is 0.165 e. The van der Waals surface area contributed by atoms with Crippen molar-refractivity contribution in [3.63, 3.8) is 0 Å². The molecule has 0 bridgehead atoms. The van der Waals surface area contributed by atoms with Crippen LogP contribution in [0.5, 0.6) is 0 Å². The Morgan fingerprint density at radius 3 is 2.04 bits per heavy atom. The third-order valence-electron chi connectivity index (χ3n) is 9.35. The van der Waals surface area contributed by atoms with Crippen LogP contribution in [0.1, 0.15) is 36.6 Å². The zero-order valence-electron chi connectivity index (χ0n) is 30.8. The van der Waals surface area contributed by atoms with Gasteiger partial charge < -0.3 is 19.5 Å². The fraction of sp³-hybridized carbons (Fsp3) is 0.541. The number of hydrogen-bond acceptors (Lipinski definition) is 9. The van der Waals surface area contributed by atoms with E-state index >= 15 is 0 Å². The molecule has 0 spiro atoms. The van der Waals surface area contributed by atoms with Gasteiger partial charge in [-0.05, 0) is 49.8 Å². The molecule has 0 saturated heterocycles. The highest BCUT2D eigenvalue weighted by Crippen LogP contribution is 2.40. The summed E-state index contributed by atoms with van der Waals surface area (Å²) < 4.78 is 41.6. The minimum Gasteiger partial charge on any atom is -0.393 e. The van der Waals surface area contributed by atoms with Gasteiger partial charge in [-0.3, -0.25) is 4.98 Å². The van der Waals surface area contributed by atoms with Crippen LogP contribution in [0.4, 0.5) is 5.82 Å². The van der Waals surface area contributed by atoms with Gasteiger partial charge >= 0.3 is 0 Å². The van der Waals surface area contributed by atoms with Gasteiger partial charge in [0.15, 0.2) is 15.5 Å². The number of sulfone groups is 1. The third kappa shape index (κ3) is 10.3. The number of pyridine rings is 1. The predicted octanol–water partition coefficient (Wildman–Crippen LogP) is 7.53. The summed E-state index contributed by atoms with van der Waals surface area (Å²) in [5.41, 5.74) is 4.48. The van der Waals surface area contributed by atoms with Crippen LogP contribution in [-0.4, -0.2) is 88.3 Å². The fourth-order valence-electron chi connectivity index (χ4n) is 6.36. The Balaban J connectivity index is 1.60. The Labute approximate surface area is 300 Å². The lowest BCUT2D eigenvalue weighted by Gasteiger charge is -2.32. The van der Waals surface area contributed by atoms with E-state index in [1.165, 1.54) is 6.26 Å². The topological polar surface area (TPSA) is 119 Å². The van der Waals surface area contributed by atoms with Crippen LogP contribution < -0.4 is 4.90 Å². The first kappa shape index (κ1) is 38.3. The number of benzene rings is 1. The molecule has 0 aliphatic heterocycles. The standard InChI is InChI=1S/C37H55N5O5SSi2/c1-48(44,45)36(29-13-16-31(43)17-14-29)34-23-35(41(26-46-19-21-49(2,3)4)27-47-20-22-50(5,6)7)42-37(40-34)32(25-39-42)30-15-18-33(38-24-30)28-11-9-8-10-12-28/h8-12,15,18,23-25,29,31,36,43H,13-14,16-17,19-22,26-27H2,1-7H3. The monoisotopic (exact) mass is 737 g/mol. The molecule has 1 saturated carbocycles. The number of anilines is 1. The Morgan fingerprint density at radius 1 is 0.880 bits per heavy atom. The van der Waals surface area contributed by atoms with E-state index in [0.717, 1.165) is 34.5 Å². The lowest BCUT2D eigenvalue weighted by Crippen LogP contribution is -2.34. The van der Waals surface area contributed by atoms with Crippen molar-refractivity contribution in [1.29, 1.82) is 0 Å². The van der Waals surface area contributed by atoms with Gasteiger partial charge in [0, 0.05) is 64.6 Å². The maximum atomic E-state index is 13.6. The second-order valence-electron chi connectivity index (χ2n) is 16.2. The molecule has 50 heavy (non-hydrogen) atoms. The van der Waals surface area contributed by atoms with Crippen molar-refractivity contribution < 1.29 is 23.0 Å². The van der Waals surface area contributed by atoms with E-state index in [0.29, 0.717) is 56.1 Å². The molecule has 1 aliphatic carbocycles. The van der Waals surface area contributed by atoms with E-state index in [4.69, 9.17) is 24.5 Å². The zero-order valence-corrected chi connectivity index (χ0v) is 33.6. The van der Waals surface area contributed by atoms with E-state index in [1.807, 2.05) is 59.6 Å². The predicted molar refractivity (Wildman–Crippen MR) is 208 cm³/mol. The summed E-state index contributed by atoms with van der Waals surface area (Å²) in [6.45, 7) is 15.7. The molecule has 10 nitrogen and oxygen atoms in total. The largest absolute Gasteiger partial charge is 0.393 e. The van der Waals surface area contributed by atoms with Crippen LogP contribution in [-0.2, 0) is 19.3 Å². The van der Waals surface area contributed by atoms with Crippen LogP contribution in [0.25, 0.3) is 28.0 Å². The molecule has 0 radical (unpaired) electrons. The van der Waals surface area contributed by atoms with Crippen LogP contribution in [0.3, 0.4) is 0 Å². The molecule has 0 amide bonds. The van der Waals surface area contributed by atoms with Gasteiger partial charge in [-0.1, -0.05) is 75.7 Å². The number of aromatic nitrogens is 4. The first-order chi connectivity index (χ1) is 23.6. The first-order valence-corrected chi connectivity index (χ1v) is 27.1. The number of ether oxygens (including phenoxy) is 2. The van der Waals surface area contributed by atoms with Crippen molar-refractivity contribution in [2.24, 2.45) is 5.92 Å². The molecular weight excluding hydrogens is 683 g/mol. The first-order valence-electron chi connectivity index (χ1n) is 17.8. The molecule has 1 fully saturated rings. The minimum absolute atomic E-state index is 0.163. The van der Waals surface area contributed by atoms with Gasteiger partial charge in [0.2, 0.25) is 0 Å². The summed E-state index contributed by atoms with van der Waals surface area (Å²) >= 11 is 0. The molecule has 1 N–H and O–H groups in total. The van der Waals surface area contributed by atoms with E-state index < -0.39 is 37.3 Å². The molecule has 272 valence electrons. The second-order valence-corrected chi connectivity index (χ2v) is 29.6. The van der Waals surface area contributed by atoms with Crippen molar-refractivity contribution in [2.75, 3.05) is 37.8 Å². The molecule has 13 heteroatoms. The number of fused-ring (bicyclic) bond motifs is 1. The second kappa shape index (κ2) is 16.2. The maximum absolute atomic E-state index is 13.6. The van der Waals surface area contributed by atoms with E-state index in [-0.39, 0.29) is 19.4 Å². The average molecular weight is 738 g/mol. The Bertz CT molecular complexity index is 1780. The number of aliphatic hydroxyl groups excluding tert-OH is 1. The zero-order chi connectivity index (χ0) is 36.1. The quantitative estimate of drug-likeness (QED) is 0.0707. The van der Waals surface area contributed by atoms with Gasteiger partial charge in [-0.15, -0.1) is 0 Å². The number of rotatable bonds is 16. The van der Waals surface area contributed by atoms with Crippen molar-refractivity contribution in [3.8, 4) is 22.4 Å². The Kier molecular flexibility index (Phi) is 12.4. The number of hydrogen-bond donors (Lipinski definition) is 1. The van der Waals surface area contributed by atoms with Crippen LogP contribution in [0, 0.1) is 5.92 Å². The summed E-state index contributed by atoms with van der Waals surface area (Å²) in [7, 11) is -6.22. The third-order valence-corrected chi connectivity index (χ3v) is 14.3. The normalized spacial score (nSPS) is 18.0. The molecule has 4 aromatic rings. The van der Waals surface area contributed by atoms with Crippen molar-refractivity contribution in [2.45, 2.75) is 88.4 Å². The molecule has 1 aliphatic rings. The van der Waals surface area contributed by atoms with Gasteiger partial charge in [0.1, 0.15) is 24.5 Å². The van der Waals surface area contributed by atoms with Crippen molar-refractivity contribution in [1.82, 2.24) is 19.6 Å². The molecule has 3 aromatic heterocycles. The van der Waals surface area contributed by atoms with Crippen LogP contribution in [0.15, 0.2) is 60.9 Å². The lowest BCUT2D eigenvalue weighted by atomic mass is 9.84. The molecule has 5 rings (SSSR count). The highest BCUT2D eigenvalue weighted by molar-refractivity contribution is 7.90. The highest BCUT2D eigenvalue weighted by Gasteiger charge is 2.37. The Hall–Kier alpha value is -2.95. The number of aliphatic hydroxyl groups is 1. The summed E-state index contributed by atoms with van der Waals surface area (Å²) in [6.07, 6.45) is 6.87. The van der Waals surface area contributed by atoms with E-state index in [9.17, 15) is 13.5 Å². The van der Waals surface area contributed by atoms with Crippen molar-refractivity contribution >= 4 is 37.5 Å². The average Bonchev–Trinajstić information content (AvgIpc) is 3.48. The van der Waals surface area contributed by atoms with Gasteiger partial charge in [0.25, 0.3) is 0 Å². The summed E-state index contributed by atoms with van der Waals surface area (Å²) in [4.78, 5) is 11.8. The summed E-state index contributed by atoms with van der Waals surface area (Å²) in [6, 6.07) is 17.9. The molecule has 1 aromatic carbocycles. The smallest absolute Gasteiger partial charge is 0.165 e. The molecule has 3 heterocycles. The van der Waals surface area contributed by atoms with Gasteiger partial charge in [-0.2, -0.15) is 9.61 Å². The van der Waals surface area contributed by atoms with Gasteiger partial charge in [0.05, 0.1) is 23.7 Å². The number of nitrogens with zero attached hydrogens (tertiary/aromatic N) is 5. The van der Waals surface area contributed by atoms with Crippen LogP contribution >= 0.6 is 0 Å². The minimum atomic E-state index is -3.58. The lowest BCUT2D eigenvalue weighted by molar-refractivity contribution is 0.0941. The van der Waals surface area contributed by atoms with Crippen LogP contribution in [0.2, 0.25) is 51.4 Å². The summed E-state index contributed by atoms with van der Waals surface area (Å²) in [5, 5.41) is 14.3. The fourth-order valence-corrected chi connectivity index (χ4v) is 9.41. The SMILES string of the molecule is C[Si](C)(C)CCOCN(COCC[Si](C)(C)C)c1cc(C(C2CCC(O)CC2)S(C)(=O)=O)nc2c(-c3ccc(-c4ccccc4)nc3)cnn12. The van der Waals surface area contributed by atoms with E-state index in [2.05, 4.69) is 39.3 Å². The van der Waals surface area contributed by atoms with E-state index in [1.54, 1.807) is 10.7 Å². The highest BCUT2D eigenvalue weighted by atomic mass is 32.2. The molecule has 1 atom stereocenters. The van der Waals surface area contributed by atoms with Gasteiger partial charge in [-0.25, -0.2) is 13.4 Å². The molecule has 1 unspecified atom stereocenters. The molecular formula is C37H55N5O5SSi2. The summed E-state index contributed by atoms with van der Waals surface area (Å²) in [5.74, 6) is 0.499. The Morgan fingerprint density at radius 2 is 1.50 bits per heavy atom. The van der Waals surface area contributed by atoms with Crippen molar-refractivity contribution in [3.05, 3.63) is 66.6 Å².